The summed E-state index contributed by atoms with van der Waals surface area (Å²) in [7, 11) is 0. The van der Waals surface area contributed by atoms with Gasteiger partial charge in [-0.2, -0.15) is 11.8 Å². The molecule has 1 N–H and O–H groups in total. The second-order valence-electron chi connectivity index (χ2n) is 5.58. The van der Waals surface area contributed by atoms with Gasteiger partial charge in [0, 0.05) is 35.8 Å². The van der Waals surface area contributed by atoms with E-state index < -0.39 is 0 Å². The molecule has 1 aromatic rings. The van der Waals surface area contributed by atoms with Crippen molar-refractivity contribution >= 4 is 17.4 Å². The quantitative estimate of drug-likeness (QED) is 0.912. The Bertz CT molecular complexity index is 434. The summed E-state index contributed by atoms with van der Waals surface area (Å²) in [5, 5.41) is 3.29. The van der Waals surface area contributed by atoms with Crippen LogP contribution in [0.15, 0.2) is 18.2 Å². The summed E-state index contributed by atoms with van der Waals surface area (Å²) in [4.78, 5) is 2.39. The molecule has 0 unspecified atom stereocenters. The minimum Gasteiger partial charge on any atom is -0.369 e. The molecular weight excluding hydrogens is 259 g/mol. The highest BCUT2D eigenvalue weighted by Gasteiger charge is 2.28. The van der Waals surface area contributed by atoms with E-state index in [1.165, 1.54) is 5.69 Å². The maximum Gasteiger partial charge on any atom is 0.123 e. The van der Waals surface area contributed by atoms with Crippen LogP contribution in [0.4, 0.5) is 10.1 Å². The molecule has 106 valence electrons. The number of nitrogens with zero attached hydrogens (tertiary/aromatic N) is 1. The van der Waals surface area contributed by atoms with Crippen molar-refractivity contribution in [1.82, 2.24) is 5.32 Å². The number of anilines is 1. The molecule has 0 atom stereocenters. The summed E-state index contributed by atoms with van der Waals surface area (Å²) in [6.07, 6.45) is 0. The van der Waals surface area contributed by atoms with Gasteiger partial charge in [-0.25, -0.2) is 4.39 Å². The maximum absolute atomic E-state index is 13.4. The minimum atomic E-state index is -0.151. The Hall–Kier alpha value is -0.740. The lowest BCUT2D eigenvalue weighted by atomic mass is 10.1. The Balaban J connectivity index is 2.22. The minimum absolute atomic E-state index is 0.151. The Morgan fingerprint density at radius 3 is 2.89 bits per heavy atom. The molecule has 1 aliphatic heterocycles. The van der Waals surface area contributed by atoms with Gasteiger partial charge in [0.1, 0.15) is 5.82 Å². The maximum atomic E-state index is 13.4. The van der Waals surface area contributed by atoms with Crippen molar-refractivity contribution in [3.63, 3.8) is 0 Å². The molecule has 0 bridgehead atoms. The van der Waals surface area contributed by atoms with Gasteiger partial charge in [0.15, 0.2) is 0 Å². The van der Waals surface area contributed by atoms with Crippen molar-refractivity contribution in [1.29, 1.82) is 0 Å². The highest BCUT2D eigenvalue weighted by molar-refractivity contribution is 8.00. The van der Waals surface area contributed by atoms with Crippen molar-refractivity contribution < 1.29 is 4.39 Å². The van der Waals surface area contributed by atoms with Crippen LogP contribution < -0.4 is 10.2 Å². The summed E-state index contributed by atoms with van der Waals surface area (Å²) in [6, 6.07) is 5.15. The van der Waals surface area contributed by atoms with Gasteiger partial charge in [-0.15, -0.1) is 0 Å². The first-order chi connectivity index (χ1) is 9.02. The van der Waals surface area contributed by atoms with Gasteiger partial charge in [-0.1, -0.05) is 6.92 Å². The molecule has 0 amide bonds. The molecular formula is C15H23FN2S. The first-order valence-electron chi connectivity index (χ1n) is 6.90. The van der Waals surface area contributed by atoms with Gasteiger partial charge < -0.3 is 10.2 Å². The SMILES string of the molecule is CCNCc1cc(F)ccc1N1CCSC(C)(C)C1. The first kappa shape index (κ1) is 14.7. The zero-order valence-corrected chi connectivity index (χ0v) is 12.8. The Morgan fingerprint density at radius 1 is 1.42 bits per heavy atom. The lowest BCUT2D eigenvalue weighted by Gasteiger charge is -2.39. The normalized spacial score (nSPS) is 18.6. The Labute approximate surface area is 119 Å². The van der Waals surface area contributed by atoms with E-state index in [2.05, 4.69) is 31.0 Å². The smallest absolute Gasteiger partial charge is 0.123 e. The largest absolute Gasteiger partial charge is 0.369 e. The number of rotatable bonds is 4. The summed E-state index contributed by atoms with van der Waals surface area (Å²) in [5.74, 6) is 0.979. The Kier molecular flexibility index (Phi) is 4.74. The third-order valence-electron chi connectivity index (χ3n) is 3.37. The molecule has 1 aromatic carbocycles. The molecule has 1 aliphatic rings. The molecule has 0 saturated carbocycles. The van der Waals surface area contributed by atoms with Crippen molar-refractivity contribution in [2.45, 2.75) is 32.1 Å². The van der Waals surface area contributed by atoms with Gasteiger partial charge in [-0.05, 0) is 44.2 Å². The molecule has 0 aromatic heterocycles. The summed E-state index contributed by atoms with van der Waals surface area (Å²) >= 11 is 2.01. The van der Waals surface area contributed by atoms with Gasteiger partial charge >= 0.3 is 0 Å². The average molecular weight is 282 g/mol. The highest BCUT2D eigenvalue weighted by atomic mass is 32.2. The van der Waals surface area contributed by atoms with Crippen LogP contribution in [0.3, 0.4) is 0 Å². The van der Waals surface area contributed by atoms with E-state index in [9.17, 15) is 4.39 Å². The van der Waals surface area contributed by atoms with E-state index >= 15 is 0 Å². The topological polar surface area (TPSA) is 15.3 Å². The highest BCUT2D eigenvalue weighted by Crippen LogP contribution is 2.33. The molecule has 0 spiro atoms. The van der Waals surface area contributed by atoms with E-state index in [0.29, 0.717) is 0 Å². The number of thioether (sulfide) groups is 1. The monoisotopic (exact) mass is 282 g/mol. The fourth-order valence-electron chi connectivity index (χ4n) is 2.49. The molecule has 2 rings (SSSR count). The fourth-order valence-corrected chi connectivity index (χ4v) is 3.60. The number of hydrogen-bond acceptors (Lipinski definition) is 3. The van der Waals surface area contributed by atoms with E-state index in [1.54, 1.807) is 12.1 Å². The lowest BCUT2D eigenvalue weighted by Crippen LogP contribution is -2.43. The molecule has 1 heterocycles. The zero-order valence-electron chi connectivity index (χ0n) is 12.0. The van der Waals surface area contributed by atoms with E-state index in [4.69, 9.17) is 0 Å². The zero-order chi connectivity index (χ0) is 13.9. The summed E-state index contributed by atoms with van der Waals surface area (Å²) in [6.45, 7) is 10.3. The molecule has 1 saturated heterocycles. The van der Waals surface area contributed by atoms with Crippen LogP contribution in [0.1, 0.15) is 26.3 Å². The molecule has 0 radical (unpaired) electrons. The van der Waals surface area contributed by atoms with Gasteiger partial charge in [0.05, 0.1) is 0 Å². The second-order valence-corrected chi connectivity index (χ2v) is 7.39. The third kappa shape index (κ3) is 3.86. The number of benzene rings is 1. The lowest BCUT2D eigenvalue weighted by molar-refractivity contribution is 0.616. The predicted octanol–water partition coefficient (Wildman–Crippen LogP) is 3.27. The van der Waals surface area contributed by atoms with E-state index in [-0.39, 0.29) is 10.6 Å². The van der Waals surface area contributed by atoms with Gasteiger partial charge in [0.25, 0.3) is 0 Å². The first-order valence-corrected chi connectivity index (χ1v) is 7.88. The number of hydrogen-bond donors (Lipinski definition) is 1. The third-order valence-corrected chi connectivity index (χ3v) is 4.67. The van der Waals surface area contributed by atoms with Gasteiger partial charge in [0.2, 0.25) is 0 Å². The van der Waals surface area contributed by atoms with Crippen LogP contribution in [-0.4, -0.2) is 30.1 Å². The Morgan fingerprint density at radius 2 is 2.21 bits per heavy atom. The average Bonchev–Trinajstić information content (AvgIpc) is 2.35. The molecule has 2 nitrogen and oxygen atoms in total. The van der Waals surface area contributed by atoms with Crippen molar-refractivity contribution in [2.75, 3.05) is 30.3 Å². The number of halogens is 1. The van der Waals surface area contributed by atoms with Crippen LogP contribution in [0, 0.1) is 5.82 Å². The van der Waals surface area contributed by atoms with Crippen LogP contribution in [-0.2, 0) is 6.54 Å². The standard InChI is InChI=1S/C15H23FN2S/c1-4-17-10-12-9-13(16)5-6-14(12)18-7-8-19-15(2,3)11-18/h5-6,9,17H,4,7-8,10-11H2,1-3H3. The molecule has 4 heteroatoms. The molecule has 0 aliphatic carbocycles. The van der Waals surface area contributed by atoms with Crippen molar-refractivity contribution in [2.24, 2.45) is 0 Å². The van der Waals surface area contributed by atoms with E-state index in [1.807, 2.05) is 17.8 Å². The van der Waals surface area contributed by atoms with Crippen LogP contribution in [0.2, 0.25) is 0 Å². The second kappa shape index (κ2) is 6.14. The molecule has 19 heavy (non-hydrogen) atoms. The van der Waals surface area contributed by atoms with Gasteiger partial charge in [-0.3, -0.25) is 0 Å². The van der Waals surface area contributed by atoms with Crippen LogP contribution in [0.25, 0.3) is 0 Å². The van der Waals surface area contributed by atoms with E-state index in [0.717, 1.165) is 37.5 Å². The molecule has 1 fully saturated rings. The fraction of sp³-hybridized carbons (Fsp3) is 0.600. The van der Waals surface area contributed by atoms with Crippen molar-refractivity contribution in [3.05, 3.63) is 29.6 Å². The van der Waals surface area contributed by atoms with Crippen LogP contribution in [0.5, 0.6) is 0 Å². The van der Waals surface area contributed by atoms with Crippen LogP contribution >= 0.6 is 11.8 Å². The number of nitrogens with one attached hydrogen (secondary N) is 1. The summed E-state index contributed by atoms with van der Waals surface area (Å²) < 4.78 is 13.7. The van der Waals surface area contributed by atoms with Crippen molar-refractivity contribution in [3.8, 4) is 0 Å². The predicted molar refractivity (Wildman–Crippen MR) is 82.5 cm³/mol. The summed E-state index contributed by atoms with van der Waals surface area (Å²) in [5.41, 5.74) is 2.24.